The minimum Gasteiger partial charge on any atom is -0.494 e. The lowest BCUT2D eigenvalue weighted by Gasteiger charge is -2.41. The van der Waals surface area contributed by atoms with Crippen LogP contribution in [0.5, 0.6) is 5.75 Å². The predicted octanol–water partition coefficient (Wildman–Crippen LogP) is 4.82. The van der Waals surface area contributed by atoms with E-state index >= 15 is 0 Å². The van der Waals surface area contributed by atoms with Crippen LogP contribution in [0.15, 0.2) is 66.1 Å². The van der Waals surface area contributed by atoms with Crippen molar-refractivity contribution in [3.63, 3.8) is 0 Å². The molecule has 0 saturated carbocycles. The molecule has 4 rings (SSSR count). The molecule has 1 aliphatic heterocycles. The Bertz CT molecular complexity index is 1490. The van der Waals surface area contributed by atoms with E-state index in [0.29, 0.717) is 12.1 Å². The van der Waals surface area contributed by atoms with Gasteiger partial charge in [0.1, 0.15) is 17.0 Å². The molecular weight excluding hydrogens is 589 g/mol. The van der Waals surface area contributed by atoms with Gasteiger partial charge >= 0.3 is 10.2 Å². The molecule has 0 aliphatic carbocycles. The van der Waals surface area contributed by atoms with Gasteiger partial charge < -0.3 is 9.47 Å². The van der Waals surface area contributed by atoms with Crippen LogP contribution in [-0.4, -0.2) is 64.6 Å². The molecule has 1 aromatic carbocycles. The maximum absolute atomic E-state index is 14.1. The third-order valence-electron chi connectivity index (χ3n) is 6.41. The molecule has 1 N–H and O–H groups in total. The summed E-state index contributed by atoms with van der Waals surface area (Å²) in [6.07, 6.45) is 6.50. The maximum atomic E-state index is 14.1. The van der Waals surface area contributed by atoms with E-state index in [1.165, 1.54) is 51.1 Å². The fourth-order valence-corrected chi connectivity index (χ4v) is 5.01. The molecule has 3 unspecified atom stereocenters. The van der Waals surface area contributed by atoms with E-state index in [1.807, 2.05) is 6.19 Å². The van der Waals surface area contributed by atoms with Gasteiger partial charge in [0.25, 0.3) is 11.8 Å². The molecule has 42 heavy (non-hydrogen) atoms. The number of aromatic nitrogens is 3. The van der Waals surface area contributed by atoms with Crippen molar-refractivity contribution in [3.05, 3.63) is 66.7 Å². The average molecular weight is 614 g/mol. The molecule has 2 aromatic heterocycles. The number of benzene rings is 1. The average Bonchev–Trinajstić information content (AvgIpc) is 3.39. The van der Waals surface area contributed by atoms with Crippen molar-refractivity contribution in [2.75, 3.05) is 31.0 Å². The number of pyridine rings is 1. The number of halogens is 5. The number of carbonyl (C=O) groups excluding carboxylic acids is 2. The van der Waals surface area contributed by atoms with Gasteiger partial charge in [-0.05, 0) is 30.3 Å². The van der Waals surface area contributed by atoms with E-state index in [0.717, 1.165) is 9.80 Å². The van der Waals surface area contributed by atoms with Crippen LogP contribution in [0, 0.1) is 11.5 Å². The molecule has 2 amide bonds. The summed E-state index contributed by atoms with van der Waals surface area (Å²) in [7, 11) is -7.30. The number of carbonyl (C=O) groups is 2. The van der Waals surface area contributed by atoms with Crippen molar-refractivity contribution < 1.29 is 38.5 Å². The SMILES string of the molecule is COc1cnc(NC(=O)C(c2cccnc2)N(C(=O)C2CC(OC)CN2C#N)c2ccc(S(F)(F)(F)(F)F)cc2)nc1. The summed E-state index contributed by atoms with van der Waals surface area (Å²) in [6.45, 7) is 0.0316. The smallest absolute Gasteiger partial charge is 0.310 e. The van der Waals surface area contributed by atoms with Gasteiger partial charge in [0.05, 0.1) is 32.2 Å². The van der Waals surface area contributed by atoms with Crippen LogP contribution in [0.25, 0.3) is 0 Å². The second-order valence-corrected chi connectivity index (χ2v) is 11.6. The van der Waals surface area contributed by atoms with Crippen LogP contribution >= 0.6 is 10.2 Å². The molecule has 3 atom stereocenters. The number of hydrogen-bond donors (Lipinski definition) is 1. The molecule has 11 nitrogen and oxygen atoms in total. The molecule has 3 aromatic rings. The molecule has 0 radical (unpaired) electrons. The van der Waals surface area contributed by atoms with Crippen molar-refractivity contribution in [2.24, 2.45) is 0 Å². The Morgan fingerprint density at radius 2 is 1.76 bits per heavy atom. The number of nitriles is 1. The van der Waals surface area contributed by atoms with Crippen LogP contribution in [0.4, 0.5) is 31.1 Å². The highest BCUT2D eigenvalue weighted by molar-refractivity contribution is 8.45. The van der Waals surface area contributed by atoms with Gasteiger partial charge in [-0.25, -0.2) is 9.97 Å². The number of likely N-dealkylation sites (tertiary alicyclic amines) is 1. The number of ether oxygens (including phenoxy) is 2. The molecular formula is C25H24F5N7O4S. The molecule has 1 fully saturated rings. The Hall–Kier alpha value is -4.56. The summed E-state index contributed by atoms with van der Waals surface area (Å²) < 4.78 is 77.7. The van der Waals surface area contributed by atoms with E-state index in [9.17, 15) is 34.3 Å². The zero-order chi connectivity index (χ0) is 30.8. The van der Waals surface area contributed by atoms with Gasteiger partial charge in [-0.15, -0.1) is 0 Å². The van der Waals surface area contributed by atoms with Crippen molar-refractivity contribution >= 4 is 33.7 Å². The second kappa shape index (κ2) is 10.7. The minimum atomic E-state index is -10.1. The number of nitrogens with one attached hydrogen (secondary N) is 1. The van der Waals surface area contributed by atoms with Gasteiger partial charge in [-0.2, -0.15) is 5.26 Å². The van der Waals surface area contributed by atoms with E-state index in [1.54, 1.807) is 0 Å². The van der Waals surface area contributed by atoms with Crippen LogP contribution in [0.3, 0.4) is 0 Å². The zero-order valence-electron chi connectivity index (χ0n) is 22.0. The van der Waals surface area contributed by atoms with Gasteiger partial charge in [-0.3, -0.25) is 29.7 Å². The molecule has 0 spiro atoms. The first-order valence-electron chi connectivity index (χ1n) is 12.1. The number of anilines is 2. The normalized spacial score (nSPS) is 19.1. The van der Waals surface area contributed by atoms with Gasteiger partial charge in [0, 0.05) is 37.2 Å². The lowest BCUT2D eigenvalue weighted by atomic mass is 10.0. The van der Waals surface area contributed by atoms with E-state index in [4.69, 9.17) is 9.47 Å². The topological polar surface area (TPSA) is 134 Å². The largest absolute Gasteiger partial charge is 0.494 e. The highest BCUT2D eigenvalue weighted by Gasteiger charge is 2.65. The fraction of sp³-hybridized carbons (Fsp3) is 0.280. The number of rotatable bonds is 9. The Morgan fingerprint density at radius 1 is 1.10 bits per heavy atom. The molecule has 1 saturated heterocycles. The summed E-state index contributed by atoms with van der Waals surface area (Å²) in [5, 5.41) is 12.1. The Labute approximate surface area is 236 Å². The molecule has 224 valence electrons. The number of nitrogens with zero attached hydrogens (tertiary/aromatic N) is 6. The van der Waals surface area contributed by atoms with E-state index < -0.39 is 45.1 Å². The van der Waals surface area contributed by atoms with Crippen LogP contribution < -0.4 is 15.0 Å². The first-order chi connectivity index (χ1) is 19.6. The second-order valence-electron chi connectivity index (χ2n) is 9.16. The van der Waals surface area contributed by atoms with Crippen molar-refractivity contribution in [1.29, 1.82) is 5.26 Å². The number of methoxy groups -OCH3 is 2. The lowest BCUT2D eigenvalue weighted by molar-refractivity contribution is -0.126. The van der Waals surface area contributed by atoms with Gasteiger partial charge in [0.15, 0.2) is 11.9 Å². The first kappa shape index (κ1) is 30.4. The van der Waals surface area contributed by atoms with E-state index in [2.05, 4.69) is 20.3 Å². The number of amides is 2. The lowest BCUT2D eigenvalue weighted by Crippen LogP contribution is -2.49. The van der Waals surface area contributed by atoms with Crippen LogP contribution in [-0.2, 0) is 14.3 Å². The highest BCUT2D eigenvalue weighted by Crippen LogP contribution is 3.02. The molecule has 1 aliphatic rings. The summed E-state index contributed by atoms with van der Waals surface area (Å²) in [6, 6.07) is 1.66. The zero-order valence-corrected chi connectivity index (χ0v) is 22.9. The van der Waals surface area contributed by atoms with E-state index in [-0.39, 0.29) is 48.0 Å². The summed E-state index contributed by atoms with van der Waals surface area (Å²) in [4.78, 5) is 39.5. The van der Waals surface area contributed by atoms with Crippen LogP contribution in [0.2, 0.25) is 0 Å². The standard InChI is InChI=1S/C25H24F5N7O4S/c1-40-18-10-21(36(14-18)15-31)24(39)37(17-5-7-20(8-6-17)42(26,27,28,29)30)22(16-4-3-9-32-11-16)23(38)35-25-33-12-19(41-2)13-34-25/h3-9,11-13,18,21-22H,10,14H2,1-2H3,(H,33,34,35,38). The predicted molar refractivity (Wildman–Crippen MR) is 141 cm³/mol. The third-order valence-corrected chi connectivity index (χ3v) is 7.58. The quantitative estimate of drug-likeness (QED) is 0.266. The first-order valence-corrected chi connectivity index (χ1v) is 14.0. The molecule has 17 heteroatoms. The molecule has 3 heterocycles. The van der Waals surface area contributed by atoms with Crippen molar-refractivity contribution in [3.8, 4) is 11.9 Å². The summed E-state index contributed by atoms with van der Waals surface area (Å²) in [5.41, 5.74) is -0.220. The Morgan fingerprint density at radius 3 is 2.29 bits per heavy atom. The van der Waals surface area contributed by atoms with Crippen LogP contribution in [0.1, 0.15) is 18.0 Å². The summed E-state index contributed by atoms with van der Waals surface area (Å²) in [5.74, 6) is -1.71. The Balaban J connectivity index is 1.84. The van der Waals surface area contributed by atoms with Gasteiger partial charge in [0.2, 0.25) is 5.95 Å². The minimum absolute atomic E-state index is 0.00586. The monoisotopic (exact) mass is 613 g/mol. The fourth-order valence-electron chi connectivity index (χ4n) is 4.36. The number of hydrogen-bond acceptors (Lipinski definition) is 9. The molecule has 0 bridgehead atoms. The van der Waals surface area contributed by atoms with Crippen molar-refractivity contribution in [2.45, 2.75) is 29.5 Å². The summed E-state index contributed by atoms with van der Waals surface area (Å²) >= 11 is 0. The highest BCUT2D eigenvalue weighted by atomic mass is 32.5. The van der Waals surface area contributed by atoms with Gasteiger partial charge in [-0.1, -0.05) is 25.5 Å². The van der Waals surface area contributed by atoms with Crippen molar-refractivity contribution in [1.82, 2.24) is 19.9 Å². The maximum Gasteiger partial charge on any atom is 0.310 e. The Kier molecular flexibility index (Phi) is 7.74. The third kappa shape index (κ3) is 6.66.